The van der Waals surface area contributed by atoms with E-state index in [1.165, 1.54) is 0 Å². The lowest BCUT2D eigenvalue weighted by molar-refractivity contribution is 0.0209. The van der Waals surface area contributed by atoms with E-state index in [1.54, 1.807) is 32.9 Å². The molecule has 0 heterocycles. The molecule has 2 rings (SSSR count). The van der Waals surface area contributed by atoms with Gasteiger partial charge in [-0.25, -0.2) is 4.79 Å². The fourth-order valence-electron chi connectivity index (χ4n) is 1.92. The van der Waals surface area contributed by atoms with Crippen molar-refractivity contribution in [1.82, 2.24) is 0 Å². The highest BCUT2D eigenvalue weighted by atomic mass is 16.7. The highest BCUT2D eigenvalue weighted by molar-refractivity contribution is 5.95. The Balaban J connectivity index is 2.36. The molecule has 20 heavy (non-hydrogen) atoms. The van der Waals surface area contributed by atoms with Gasteiger partial charge in [0.25, 0.3) is 0 Å². The minimum absolute atomic E-state index is 0.487. The lowest BCUT2D eigenvalue weighted by Gasteiger charge is -2.19. The van der Waals surface area contributed by atoms with Gasteiger partial charge in [-0.3, -0.25) is 0 Å². The summed E-state index contributed by atoms with van der Waals surface area (Å²) in [4.78, 5) is 11.8. The second-order valence-electron chi connectivity index (χ2n) is 5.47. The van der Waals surface area contributed by atoms with Crippen LogP contribution in [0.3, 0.4) is 0 Å². The number of benzene rings is 2. The average molecular weight is 270 g/mol. The van der Waals surface area contributed by atoms with Gasteiger partial charge in [0, 0.05) is 5.39 Å². The highest BCUT2D eigenvalue weighted by Crippen LogP contribution is 2.29. The molecule has 0 spiro atoms. The van der Waals surface area contributed by atoms with Gasteiger partial charge in [-0.05, 0) is 37.8 Å². The van der Waals surface area contributed by atoms with Crippen LogP contribution in [0.5, 0.6) is 5.75 Å². The van der Waals surface area contributed by atoms with Crippen molar-refractivity contribution in [2.24, 2.45) is 0 Å². The number of fused-ring (bicyclic) bond motifs is 1. The molecule has 0 N–H and O–H groups in total. The molecule has 0 saturated heterocycles. The molecule has 0 radical (unpaired) electrons. The van der Waals surface area contributed by atoms with Crippen LogP contribution < -0.4 is 4.74 Å². The Bertz CT molecular complexity index is 651. The molecule has 3 heteroatoms. The molecule has 0 amide bonds. The van der Waals surface area contributed by atoms with E-state index in [-0.39, 0.29) is 0 Å². The standard InChI is InChI=1S/C17H18O3/c1-5-12-10-11-15(14-9-7-6-8-13(12)14)19-16(18)20-17(2,3)4/h5-11H,1H2,2-4H3. The van der Waals surface area contributed by atoms with Gasteiger partial charge in [-0.1, -0.05) is 43.0 Å². The summed E-state index contributed by atoms with van der Waals surface area (Å²) >= 11 is 0. The molecule has 0 aliphatic carbocycles. The van der Waals surface area contributed by atoms with E-state index in [0.29, 0.717) is 5.75 Å². The van der Waals surface area contributed by atoms with Gasteiger partial charge in [-0.2, -0.15) is 0 Å². The summed E-state index contributed by atoms with van der Waals surface area (Å²) in [5.74, 6) is 0.487. The molecule has 2 aromatic carbocycles. The van der Waals surface area contributed by atoms with Crippen LogP contribution in [0.2, 0.25) is 0 Å². The van der Waals surface area contributed by atoms with Crippen LogP contribution in [-0.4, -0.2) is 11.8 Å². The predicted octanol–water partition coefficient (Wildman–Crippen LogP) is 4.80. The number of hydrogen-bond acceptors (Lipinski definition) is 3. The molecule has 0 bridgehead atoms. The van der Waals surface area contributed by atoms with Crippen LogP contribution in [0.15, 0.2) is 43.0 Å². The molecule has 0 unspecified atom stereocenters. The van der Waals surface area contributed by atoms with E-state index < -0.39 is 11.8 Å². The first-order chi connectivity index (χ1) is 9.40. The maximum atomic E-state index is 11.8. The third-order valence-electron chi connectivity index (χ3n) is 2.72. The van der Waals surface area contributed by atoms with E-state index in [2.05, 4.69) is 6.58 Å². The molecule has 0 aromatic heterocycles. The van der Waals surface area contributed by atoms with Crippen molar-refractivity contribution in [3.8, 4) is 5.75 Å². The zero-order chi connectivity index (χ0) is 14.8. The number of carbonyl (C=O) groups excluding carboxylic acids is 1. The normalized spacial score (nSPS) is 11.2. The van der Waals surface area contributed by atoms with Crippen LogP contribution in [0.4, 0.5) is 4.79 Å². The summed E-state index contributed by atoms with van der Waals surface area (Å²) in [6.07, 6.45) is 1.08. The zero-order valence-electron chi connectivity index (χ0n) is 12.0. The minimum Gasteiger partial charge on any atom is -0.428 e. The van der Waals surface area contributed by atoms with Crippen LogP contribution in [-0.2, 0) is 4.74 Å². The number of hydrogen-bond donors (Lipinski definition) is 0. The summed E-state index contributed by atoms with van der Waals surface area (Å²) in [5.41, 5.74) is 0.422. The SMILES string of the molecule is C=Cc1ccc(OC(=O)OC(C)(C)C)c2ccccc12. The molecule has 0 saturated carbocycles. The third kappa shape index (κ3) is 3.18. The highest BCUT2D eigenvalue weighted by Gasteiger charge is 2.19. The van der Waals surface area contributed by atoms with Crippen LogP contribution in [0, 0.1) is 0 Å². The molecule has 0 fully saturated rings. The summed E-state index contributed by atoms with van der Waals surface area (Å²) < 4.78 is 10.5. The lowest BCUT2D eigenvalue weighted by Crippen LogP contribution is -2.26. The van der Waals surface area contributed by atoms with Crippen molar-refractivity contribution in [2.45, 2.75) is 26.4 Å². The van der Waals surface area contributed by atoms with Gasteiger partial charge < -0.3 is 9.47 Å². The Morgan fingerprint density at radius 2 is 1.75 bits per heavy atom. The fraction of sp³-hybridized carbons (Fsp3) is 0.235. The van der Waals surface area contributed by atoms with E-state index in [4.69, 9.17) is 9.47 Å². The van der Waals surface area contributed by atoms with Gasteiger partial charge in [0.1, 0.15) is 11.4 Å². The van der Waals surface area contributed by atoms with Gasteiger partial charge in [0.2, 0.25) is 0 Å². The van der Waals surface area contributed by atoms with E-state index in [9.17, 15) is 4.79 Å². The first-order valence-electron chi connectivity index (χ1n) is 6.46. The van der Waals surface area contributed by atoms with E-state index in [1.807, 2.05) is 30.3 Å². The fourth-order valence-corrected chi connectivity index (χ4v) is 1.92. The van der Waals surface area contributed by atoms with Gasteiger partial charge in [0.15, 0.2) is 0 Å². The topological polar surface area (TPSA) is 35.5 Å². The quantitative estimate of drug-likeness (QED) is 0.581. The van der Waals surface area contributed by atoms with E-state index in [0.717, 1.165) is 16.3 Å². The summed E-state index contributed by atoms with van der Waals surface area (Å²) in [6.45, 7) is 9.18. The monoisotopic (exact) mass is 270 g/mol. The number of ether oxygens (including phenoxy) is 2. The maximum Gasteiger partial charge on any atom is 0.514 e. The molecule has 0 aliphatic rings. The maximum absolute atomic E-state index is 11.8. The van der Waals surface area contributed by atoms with Gasteiger partial charge >= 0.3 is 6.16 Å². The smallest absolute Gasteiger partial charge is 0.428 e. The Hall–Kier alpha value is -2.29. The molecular formula is C17H18O3. The molecule has 104 valence electrons. The summed E-state index contributed by atoms with van der Waals surface area (Å²) in [5, 5.41) is 1.85. The van der Waals surface area contributed by atoms with Crippen molar-refractivity contribution in [1.29, 1.82) is 0 Å². The summed E-state index contributed by atoms with van der Waals surface area (Å²) in [7, 11) is 0. The van der Waals surface area contributed by atoms with Crippen molar-refractivity contribution in [3.05, 3.63) is 48.5 Å². The molecule has 0 atom stereocenters. The number of carbonyl (C=O) groups is 1. The zero-order valence-corrected chi connectivity index (χ0v) is 12.0. The van der Waals surface area contributed by atoms with Gasteiger partial charge in [0.05, 0.1) is 0 Å². The van der Waals surface area contributed by atoms with E-state index >= 15 is 0 Å². The van der Waals surface area contributed by atoms with Crippen molar-refractivity contribution in [2.75, 3.05) is 0 Å². The van der Waals surface area contributed by atoms with Crippen LogP contribution in [0.25, 0.3) is 16.8 Å². The first kappa shape index (κ1) is 14.1. The van der Waals surface area contributed by atoms with Gasteiger partial charge in [-0.15, -0.1) is 0 Å². The average Bonchev–Trinajstić information content (AvgIpc) is 2.37. The second-order valence-corrected chi connectivity index (χ2v) is 5.47. The Morgan fingerprint density at radius 3 is 2.35 bits per heavy atom. The first-order valence-corrected chi connectivity index (χ1v) is 6.46. The molecule has 2 aromatic rings. The Labute approximate surface area is 118 Å². The van der Waals surface area contributed by atoms with Crippen molar-refractivity contribution < 1.29 is 14.3 Å². The van der Waals surface area contributed by atoms with Crippen molar-refractivity contribution >= 4 is 23.0 Å². The third-order valence-corrected chi connectivity index (χ3v) is 2.72. The Kier molecular flexibility index (Phi) is 3.79. The predicted molar refractivity (Wildman–Crippen MR) is 80.9 cm³/mol. The minimum atomic E-state index is -0.700. The van der Waals surface area contributed by atoms with Crippen molar-refractivity contribution in [3.63, 3.8) is 0 Å². The Morgan fingerprint density at radius 1 is 1.10 bits per heavy atom. The van der Waals surface area contributed by atoms with Crippen LogP contribution in [0.1, 0.15) is 26.3 Å². The van der Waals surface area contributed by atoms with Crippen LogP contribution >= 0.6 is 0 Å². The lowest BCUT2D eigenvalue weighted by atomic mass is 10.0. The number of rotatable bonds is 2. The molecular weight excluding hydrogens is 252 g/mol. The molecule has 3 nitrogen and oxygen atoms in total. The largest absolute Gasteiger partial charge is 0.514 e. The summed E-state index contributed by atoms with van der Waals surface area (Å²) in [6, 6.07) is 11.3. The second kappa shape index (κ2) is 5.37. The molecule has 0 aliphatic heterocycles.